The predicted molar refractivity (Wildman–Crippen MR) is 68.5 cm³/mol. The van der Waals surface area contributed by atoms with Gasteiger partial charge in [-0.25, -0.2) is 0 Å². The summed E-state index contributed by atoms with van der Waals surface area (Å²) >= 11 is 5.91. The van der Waals surface area contributed by atoms with Crippen LogP contribution < -0.4 is 5.84 Å². The van der Waals surface area contributed by atoms with Gasteiger partial charge in [0.15, 0.2) is 11.4 Å². The molecule has 2 atom stereocenters. The topological polar surface area (TPSA) is 88.1 Å². The zero-order valence-corrected chi connectivity index (χ0v) is 10.9. The SMILES string of the molecule is COC(C)(O)[C@]1(O)Cc2cc(Cl)ccc2/C1=N/N. The quantitative estimate of drug-likeness (QED) is 0.418. The number of nitrogens with two attached hydrogens (primary N) is 1. The van der Waals surface area contributed by atoms with Gasteiger partial charge in [-0.05, 0) is 24.6 Å². The molecule has 0 saturated carbocycles. The maximum absolute atomic E-state index is 10.7. The van der Waals surface area contributed by atoms with Crippen molar-refractivity contribution in [3.8, 4) is 0 Å². The van der Waals surface area contributed by atoms with Gasteiger partial charge in [-0.2, -0.15) is 5.10 Å². The molecule has 0 spiro atoms. The van der Waals surface area contributed by atoms with Gasteiger partial charge >= 0.3 is 0 Å². The third-order valence-electron chi connectivity index (χ3n) is 3.45. The summed E-state index contributed by atoms with van der Waals surface area (Å²) in [6.07, 6.45) is 0.139. The fourth-order valence-electron chi connectivity index (χ4n) is 2.25. The summed E-state index contributed by atoms with van der Waals surface area (Å²) in [5.41, 5.74) is -0.0574. The highest BCUT2D eigenvalue weighted by molar-refractivity contribution is 6.31. The number of ether oxygens (including phenoxy) is 1. The van der Waals surface area contributed by atoms with Crippen molar-refractivity contribution in [2.75, 3.05) is 7.11 Å². The van der Waals surface area contributed by atoms with Crippen LogP contribution in [0.3, 0.4) is 0 Å². The number of fused-ring (bicyclic) bond motifs is 1. The van der Waals surface area contributed by atoms with Crippen molar-refractivity contribution < 1.29 is 14.9 Å². The van der Waals surface area contributed by atoms with Crippen LogP contribution in [0.25, 0.3) is 0 Å². The number of rotatable bonds is 2. The van der Waals surface area contributed by atoms with Gasteiger partial charge in [0.05, 0.1) is 0 Å². The molecule has 0 heterocycles. The van der Waals surface area contributed by atoms with Crippen molar-refractivity contribution in [3.63, 3.8) is 0 Å². The van der Waals surface area contributed by atoms with E-state index in [0.717, 1.165) is 5.56 Å². The van der Waals surface area contributed by atoms with Gasteiger partial charge in [0.25, 0.3) is 0 Å². The average Bonchev–Trinajstić information content (AvgIpc) is 2.61. The molecule has 5 nitrogen and oxygen atoms in total. The first-order valence-electron chi connectivity index (χ1n) is 5.43. The Kier molecular flexibility index (Phi) is 3.11. The fraction of sp³-hybridized carbons (Fsp3) is 0.417. The molecule has 98 valence electrons. The van der Waals surface area contributed by atoms with Gasteiger partial charge in [0.2, 0.25) is 0 Å². The van der Waals surface area contributed by atoms with E-state index in [-0.39, 0.29) is 12.1 Å². The predicted octanol–water partition coefficient (Wildman–Crippen LogP) is 0.645. The van der Waals surface area contributed by atoms with Crippen molar-refractivity contribution in [1.29, 1.82) is 0 Å². The molecule has 1 aromatic carbocycles. The second-order valence-corrected chi connectivity index (χ2v) is 4.94. The number of benzene rings is 1. The average molecular weight is 271 g/mol. The van der Waals surface area contributed by atoms with Crippen molar-refractivity contribution in [3.05, 3.63) is 34.3 Å². The Labute approximate surface area is 110 Å². The molecule has 0 saturated heterocycles. The summed E-state index contributed by atoms with van der Waals surface area (Å²) in [5, 5.41) is 25.0. The van der Waals surface area contributed by atoms with Crippen LogP contribution in [-0.4, -0.2) is 34.4 Å². The molecular weight excluding hydrogens is 256 g/mol. The molecule has 18 heavy (non-hydrogen) atoms. The standard InChI is InChI=1S/C12H15ClN2O3/c1-11(16,18-2)12(17)6-7-5-8(13)3-4-9(7)10(12)15-14/h3-5,16-17H,6,14H2,1-2H3/b15-10-/t11?,12-/m0/s1. The molecular formula is C12H15ClN2O3. The molecule has 1 unspecified atom stereocenters. The third-order valence-corrected chi connectivity index (χ3v) is 3.69. The number of halogens is 1. The Bertz CT molecular complexity index is 516. The molecule has 1 aliphatic rings. The Hall–Kier alpha value is -1.14. The largest absolute Gasteiger partial charge is 0.378 e. The second kappa shape index (κ2) is 4.20. The second-order valence-electron chi connectivity index (χ2n) is 4.50. The summed E-state index contributed by atoms with van der Waals surface area (Å²) in [7, 11) is 1.31. The molecule has 0 radical (unpaired) electrons. The van der Waals surface area contributed by atoms with E-state index in [0.29, 0.717) is 10.6 Å². The first-order valence-corrected chi connectivity index (χ1v) is 5.80. The van der Waals surface area contributed by atoms with Gasteiger partial charge in [-0.1, -0.05) is 17.7 Å². The van der Waals surface area contributed by atoms with E-state index in [4.69, 9.17) is 22.2 Å². The van der Waals surface area contributed by atoms with Gasteiger partial charge in [-0.15, -0.1) is 0 Å². The summed E-state index contributed by atoms with van der Waals surface area (Å²) in [6, 6.07) is 5.11. The van der Waals surface area contributed by atoms with Crippen LogP contribution in [0.1, 0.15) is 18.1 Å². The summed E-state index contributed by atoms with van der Waals surface area (Å²) in [6.45, 7) is 1.37. The zero-order chi connectivity index (χ0) is 13.6. The van der Waals surface area contributed by atoms with Crippen molar-refractivity contribution in [2.45, 2.75) is 24.7 Å². The molecule has 0 aromatic heterocycles. The molecule has 1 aromatic rings. The van der Waals surface area contributed by atoms with Gasteiger partial charge in [0, 0.05) is 24.1 Å². The lowest BCUT2D eigenvalue weighted by molar-refractivity contribution is -0.250. The Morgan fingerprint density at radius 3 is 2.78 bits per heavy atom. The lowest BCUT2D eigenvalue weighted by Gasteiger charge is -2.36. The van der Waals surface area contributed by atoms with Crippen LogP contribution in [0.15, 0.2) is 23.3 Å². The number of aliphatic hydroxyl groups is 2. The van der Waals surface area contributed by atoms with Crippen LogP contribution in [0.5, 0.6) is 0 Å². The zero-order valence-electron chi connectivity index (χ0n) is 10.1. The molecule has 0 aliphatic heterocycles. The van der Waals surface area contributed by atoms with E-state index in [1.165, 1.54) is 14.0 Å². The highest BCUT2D eigenvalue weighted by Gasteiger charge is 2.55. The summed E-state index contributed by atoms with van der Waals surface area (Å²) in [5.74, 6) is 3.55. The van der Waals surface area contributed by atoms with E-state index in [1.54, 1.807) is 18.2 Å². The monoisotopic (exact) mass is 270 g/mol. The molecule has 4 N–H and O–H groups in total. The Balaban J connectivity index is 2.58. The van der Waals surface area contributed by atoms with Crippen LogP contribution in [0.4, 0.5) is 0 Å². The maximum Gasteiger partial charge on any atom is 0.197 e. The lowest BCUT2D eigenvalue weighted by Crippen LogP contribution is -2.58. The molecule has 0 amide bonds. The lowest BCUT2D eigenvalue weighted by atomic mass is 9.89. The first kappa shape index (κ1) is 13.3. The third kappa shape index (κ3) is 1.71. The normalized spacial score (nSPS) is 28.2. The minimum absolute atomic E-state index is 0.139. The van der Waals surface area contributed by atoms with E-state index in [2.05, 4.69) is 5.10 Å². The number of hydrogen-bond donors (Lipinski definition) is 3. The molecule has 2 rings (SSSR count). The van der Waals surface area contributed by atoms with Crippen LogP contribution >= 0.6 is 11.6 Å². The van der Waals surface area contributed by atoms with Gasteiger partial charge in [0.1, 0.15) is 5.71 Å². The van der Waals surface area contributed by atoms with E-state index >= 15 is 0 Å². The molecule has 0 fully saturated rings. The number of hydrogen-bond acceptors (Lipinski definition) is 5. The minimum Gasteiger partial charge on any atom is -0.378 e. The van der Waals surface area contributed by atoms with Crippen LogP contribution in [0.2, 0.25) is 5.02 Å². The minimum atomic E-state index is -1.79. The molecule has 0 bridgehead atoms. The first-order chi connectivity index (χ1) is 8.35. The fourth-order valence-corrected chi connectivity index (χ4v) is 2.45. The van der Waals surface area contributed by atoms with Crippen molar-refractivity contribution in [2.24, 2.45) is 10.9 Å². The smallest absolute Gasteiger partial charge is 0.197 e. The van der Waals surface area contributed by atoms with E-state index in [1.807, 2.05) is 0 Å². The van der Waals surface area contributed by atoms with E-state index in [9.17, 15) is 10.2 Å². The van der Waals surface area contributed by atoms with Crippen LogP contribution in [-0.2, 0) is 11.2 Å². The van der Waals surface area contributed by atoms with Crippen molar-refractivity contribution >= 4 is 17.3 Å². The van der Waals surface area contributed by atoms with Crippen LogP contribution in [0, 0.1) is 0 Å². The molecule has 6 heteroatoms. The highest BCUT2D eigenvalue weighted by Crippen LogP contribution is 2.39. The highest BCUT2D eigenvalue weighted by atomic mass is 35.5. The number of hydrazone groups is 1. The van der Waals surface area contributed by atoms with Gasteiger partial charge < -0.3 is 20.8 Å². The Morgan fingerprint density at radius 2 is 2.22 bits per heavy atom. The summed E-state index contributed by atoms with van der Waals surface area (Å²) in [4.78, 5) is 0. The van der Waals surface area contributed by atoms with E-state index < -0.39 is 11.4 Å². The maximum atomic E-state index is 10.7. The number of nitrogens with zero attached hydrogens (tertiary/aromatic N) is 1. The molecule has 1 aliphatic carbocycles. The Morgan fingerprint density at radius 1 is 1.56 bits per heavy atom. The van der Waals surface area contributed by atoms with Crippen molar-refractivity contribution in [1.82, 2.24) is 0 Å². The summed E-state index contributed by atoms with van der Waals surface area (Å²) < 4.78 is 4.95. The van der Waals surface area contributed by atoms with Gasteiger partial charge in [-0.3, -0.25) is 0 Å². The number of methoxy groups -OCH3 is 1.